The maximum atomic E-state index is 13.4. The fourth-order valence-corrected chi connectivity index (χ4v) is 4.51. The summed E-state index contributed by atoms with van der Waals surface area (Å²) in [5.41, 5.74) is 6.04. The van der Waals surface area contributed by atoms with Crippen molar-refractivity contribution in [3.8, 4) is 0 Å². The molecule has 1 aromatic heterocycles. The maximum absolute atomic E-state index is 13.4. The Balaban J connectivity index is 1.96. The highest BCUT2D eigenvalue weighted by atomic mass is 32.2. The molecule has 0 atom stereocenters. The van der Waals surface area contributed by atoms with E-state index in [2.05, 4.69) is 4.98 Å². The highest BCUT2D eigenvalue weighted by Crippen LogP contribution is 2.26. The van der Waals surface area contributed by atoms with E-state index >= 15 is 0 Å². The van der Waals surface area contributed by atoms with Crippen molar-refractivity contribution in [3.05, 3.63) is 53.3 Å². The molecule has 3 rings (SSSR count). The van der Waals surface area contributed by atoms with Gasteiger partial charge in [0.15, 0.2) is 9.84 Å². The SMILES string of the molecule is Nc1ccc(S(=O)(=O)Cc2nc3ccccc3s2)cc1F. The molecule has 7 heteroatoms. The first-order valence-electron chi connectivity index (χ1n) is 6.08. The minimum Gasteiger partial charge on any atom is -0.396 e. The van der Waals surface area contributed by atoms with Crippen molar-refractivity contribution in [1.29, 1.82) is 0 Å². The molecule has 0 bridgehead atoms. The van der Waals surface area contributed by atoms with Crippen LogP contribution < -0.4 is 5.73 Å². The van der Waals surface area contributed by atoms with Crippen LogP contribution in [0, 0.1) is 5.82 Å². The van der Waals surface area contributed by atoms with E-state index in [1.54, 1.807) is 0 Å². The van der Waals surface area contributed by atoms with Crippen molar-refractivity contribution in [1.82, 2.24) is 4.98 Å². The molecule has 4 nitrogen and oxygen atoms in total. The monoisotopic (exact) mass is 322 g/mol. The molecule has 0 saturated heterocycles. The summed E-state index contributed by atoms with van der Waals surface area (Å²) in [7, 11) is -3.65. The van der Waals surface area contributed by atoms with Crippen LogP contribution >= 0.6 is 11.3 Å². The summed E-state index contributed by atoms with van der Waals surface area (Å²) >= 11 is 1.32. The first-order chi connectivity index (χ1) is 9.95. The normalized spacial score (nSPS) is 11.9. The fraction of sp³-hybridized carbons (Fsp3) is 0.0714. The summed E-state index contributed by atoms with van der Waals surface area (Å²) < 4.78 is 38.9. The molecule has 0 amide bonds. The highest BCUT2D eigenvalue weighted by molar-refractivity contribution is 7.90. The summed E-state index contributed by atoms with van der Waals surface area (Å²) in [6, 6.07) is 10.9. The summed E-state index contributed by atoms with van der Waals surface area (Å²) in [5.74, 6) is -0.990. The quantitative estimate of drug-likeness (QED) is 0.752. The number of anilines is 1. The van der Waals surface area contributed by atoms with Gasteiger partial charge in [0.1, 0.15) is 16.6 Å². The number of hydrogen-bond acceptors (Lipinski definition) is 5. The Morgan fingerprint density at radius 1 is 1.19 bits per heavy atom. The first kappa shape index (κ1) is 14.0. The van der Waals surface area contributed by atoms with E-state index in [0.29, 0.717) is 5.01 Å². The number of fused-ring (bicyclic) bond motifs is 1. The van der Waals surface area contributed by atoms with Crippen LogP contribution in [0.5, 0.6) is 0 Å². The Morgan fingerprint density at radius 2 is 1.95 bits per heavy atom. The predicted molar refractivity (Wildman–Crippen MR) is 81.3 cm³/mol. The molecule has 0 aliphatic carbocycles. The Morgan fingerprint density at radius 3 is 2.67 bits per heavy atom. The molecular weight excluding hydrogens is 311 g/mol. The number of benzene rings is 2. The Kier molecular flexibility index (Phi) is 3.38. The van der Waals surface area contributed by atoms with Gasteiger partial charge in [0.25, 0.3) is 0 Å². The van der Waals surface area contributed by atoms with Crippen LogP contribution in [0.1, 0.15) is 5.01 Å². The number of hydrogen-bond donors (Lipinski definition) is 1. The number of nitrogens with two attached hydrogens (primary N) is 1. The molecule has 1 heterocycles. The van der Waals surface area contributed by atoms with Crippen LogP contribution in [0.15, 0.2) is 47.4 Å². The van der Waals surface area contributed by atoms with Gasteiger partial charge in [-0.25, -0.2) is 17.8 Å². The third kappa shape index (κ3) is 2.74. The van der Waals surface area contributed by atoms with Gasteiger partial charge in [0.2, 0.25) is 0 Å². The molecule has 0 unspecified atom stereocenters. The molecule has 21 heavy (non-hydrogen) atoms. The summed E-state index contributed by atoms with van der Waals surface area (Å²) in [4.78, 5) is 4.19. The molecular formula is C14H11FN2O2S2. The maximum Gasteiger partial charge on any atom is 0.185 e. The second-order valence-electron chi connectivity index (χ2n) is 4.52. The van der Waals surface area contributed by atoms with Gasteiger partial charge in [0.05, 0.1) is 20.8 Å². The molecule has 0 saturated carbocycles. The zero-order valence-electron chi connectivity index (χ0n) is 10.8. The van der Waals surface area contributed by atoms with Gasteiger partial charge >= 0.3 is 0 Å². The number of nitrogen functional groups attached to an aromatic ring is 1. The Labute approximate surface area is 125 Å². The largest absolute Gasteiger partial charge is 0.396 e. The predicted octanol–water partition coefficient (Wildman–Crippen LogP) is 2.99. The average molecular weight is 322 g/mol. The van der Waals surface area contributed by atoms with Crippen LogP contribution in [0.3, 0.4) is 0 Å². The summed E-state index contributed by atoms with van der Waals surface area (Å²) in [6.07, 6.45) is 0. The average Bonchev–Trinajstić information content (AvgIpc) is 2.82. The first-order valence-corrected chi connectivity index (χ1v) is 8.55. The number of sulfone groups is 1. The van der Waals surface area contributed by atoms with Crippen LogP contribution in [-0.4, -0.2) is 13.4 Å². The van der Waals surface area contributed by atoms with E-state index in [1.165, 1.54) is 23.5 Å². The number of rotatable bonds is 3. The number of aromatic nitrogens is 1. The van der Waals surface area contributed by atoms with Crippen LogP contribution in [0.25, 0.3) is 10.2 Å². The number of para-hydroxylation sites is 1. The van der Waals surface area contributed by atoms with Gasteiger partial charge in [-0.05, 0) is 30.3 Å². The van der Waals surface area contributed by atoms with E-state index in [-0.39, 0.29) is 16.3 Å². The molecule has 108 valence electrons. The zero-order valence-corrected chi connectivity index (χ0v) is 12.4. The van der Waals surface area contributed by atoms with E-state index in [0.717, 1.165) is 16.3 Å². The summed E-state index contributed by atoms with van der Waals surface area (Å²) in [5, 5.41) is 0.480. The van der Waals surface area contributed by atoms with E-state index in [1.807, 2.05) is 24.3 Å². The Bertz CT molecular complexity index is 887. The smallest absolute Gasteiger partial charge is 0.185 e. The molecule has 0 aliphatic rings. The van der Waals surface area contributed by atoms with E-state index in [9.17, 15) is 12.8 Å². The standard InChI is InChI=1S/C14H11FN2O2S2/c15-10-7-9(5-6-11(10)16)21(18,19)8-14-17-12-3-1-2-4-13(12)20-14/h1-7H,8,16H2. The third-order valence-corrected chi connectivity index (χ3v) is 5.83. The molecule has 3 aromatic rings. The van der Waals surface area contributed by atoms with Crippen molar-refractivity contribution >= 4 is 37.1 Å². The van der Waals surface area contributed by atoms with Crippen molar-refractivity contribution in [2.45, 2.75) is 10.6 Å². The summed E-state index contributed by atoms with van der Waals surface area (Å²) in [6.45, 7) is 0. The van der Waals surface area contributed by atoms with Crippen molar-refractivity contribution < 1.29 is 12.8 Å². The van der Waals surface area contributed by atoms with Crippen LogP contribution in [0.2, 0.25) is 0 Å². The molecule has 0 spiro atoms. The zero-order chi connectivity index (χ0) is 15.0. The molecule has 0 aliphatic heterocycles. The van der Waals surface area contributed by atoms with E-state index in [4.69, 9.17) is 5.73 Å². The van der Waals surface area contributed by atoms with Gasteiger partial charge < -0.3 is 5.73 Å². The fourth-order valence-electron chi connectivity index (χ4n) is 1.93. The third-order valence-electron chi connectivity index (χ3n) is 2.98. The van der Waals surface area contributed by atoms with Crippen LogP contribution in [0.4, 0.5) is 10.1 Å². The van der Waals surface area contributed by atoms with Crippen molar-refractivity contribution in [2.75, 3.05) is 5.73 Å². The minimum absolute atomic E-state index is 0.0751. The van der Waals surface area contributed by atoms with Crippen molar-refractivity contribution in [3.63, 3.8) is 0 Å². The van der Waals surface area contributed by atoms with Gasteiger partial charge in [-0.1, -0.05) is 12.1 Å². The topological polar surface area (TPSA) is 73.1 Å². The molecule has 0 fully saturated rings. The van der Waals surface area contributed by atoms with E-state index < -0.39 is 15.7 Å². The molecule has 0 radical (unpaired) electrons. The second kappa shape index (κ2) is 5.09. The number of nitrogens with zero attached hydrogens (tertiary/aromatic N) is 1. The number of thiazole rings is 1. The van der Waals surface area contributed by atoms with Crippen LogP contribution in [-0.2, 0) is 15.6 Å². The van der Waals surface area contributed by atoms with Gasteiger partial charge in [0, 0.05) is 0 Å². The van der Waals surface area contributed by atoms with Gasteiger partial charge in [-0.3, -0.25) is 0 Å². The lowest BCUT2D eigenvalue weighted by Gasteiger charge is -2.03. The molecule has 2 N–H and O–H groups in total. The molecule has 2 aromatic carbocycles. The van der Waals surface area contributed by atoms with Gasteiger partial charge in [-0.15, -0.1) is 11.3 Å². The van der Waals surface area contributed by atoms with Gasteiger partial charge in [-0.2, -0.15) is 0 Å². The lowest BCUT2D eigenvalue weighted by molar-refractivity contribution is 0.591. The minimum atomic E-state index is -3.65. The lowest BCUT2D eigenvalue weighted by Crippen LogP contribution is -2.06. The Hall–Kier alpha value is -1.99. The van der Waals surface area contributed by atoms with Crippen molar-refractivity contribution in [2.24, 2.45) is 0 Å². The number of halogens is 1. The second-order valence-corrected chi connectivity index (χ2v) is 7.62. The highest BCUT2D eigenvalue weighted by Gasteiger charge is 2.19. The lowest BCUT2D eigenvalue weighted by atomic mass is 10.3.